The van der Waals surface area contributed by atoms with E-state index in [9.17, 15) is 27.5 Å². The van der Waals surface area contributed by atoms with Crippen LogP contribution in [0.25, 0.3) is 0 Å². The first kappa shape index (κ1) is 21.7. The van der Waals surface area contributed by atoms with Crippen molar-refractivity contribution in [2.24, 2.45) is 0 Å². The number of aliphatic hydroxyl groups is 1. The molecule has 1 amide bonds. The van der Waals surface area contributed by atoms with Crippen molar-refractivity contribution in [3.63, 3.8) is 0 Å². The summed E-state index contributed by atoms with van der Waals surface area (Å²) in [5, 5.41) is 13.1. The normalized spacial score (nSPS) is 23.4. The van der Waals surface area contributed by atoms with Crippen LogP contribution >= 0.6 is 11.6 Å². The number of halogens is 5. The molecule has 2 aromatic carbocycles. The Bertz CT molecular complexity index is 1010. The molecule has 10 heteroatoms. The third kappa shape index (κ3) is 4.16. The van der Waals surface area contributed by atoms with Gasteiger partial charge in [0.15, 0.2) is 11.6 Å². The van der Waals surface area contributed by atoms with E-state index in [2.05, 4.69) is 5.32 Å². The topological polar surface area (TPSA) is 61.8 Å². The van der Waals surface area contributed by atoms with Crippen LogP contribution in [-0.2, 0) is 11.2 Å². The largest absolute Gasteiger partial charge is 0.490 e. The third-order valence-electron chi connectivity index (χ3n) is 5.64. The summed E-state index contributed by atoms with van der Waals surface area (Å²) in [6.45, 7) is -0.917. The number of amides is 1. The number of anilines is 2. The highest BCUT2D eigenvalue weighted by atomic mass is 35.5. The van der Waals surface area contributed by atoms with E-state index in [0.717, 1.165) is 18.2 Å². The number of alkyl halides is 1. The zero-order chi connectivity index (χ0) is 22.3. The van der Waals surface area contributed by atoms with Crippen LogP contribution in [0, 0.1) is 17.5 Å². The minimum absolute atomic E-state index is 0.0149. The Balaban J connectivity index is 1.48. The van der Waals surface area contributed by atoms with Crippen molar-refractivity contribution in [1.82, 2.24) is 0 Å². The number of carbonyl (C=O) groups excluding carboxylic acids is 1. The van der Waals surface area contributed by atoms with Crippen molar-refractivity contribution in [2.75, 3.05) is 29.9 Å². The smallest absolute Gasteiger partial charge is 0.224 e. The third-order valence-corrected chi connectivity index (χ3v) is 5.86. The van der Waals surface area contributed by atoms with Gasteiger partial charge in [0.2, 0.25) is 5.91 Å². The molecule has 0 saturated carbocycles. The lowest BCUT2D eigenvalue weighted by Crippen LogP contribution is -2.57. The number of hydrogen-bond acceptors (Lipinski definition) is 4. The van der Waals surface area contributed by atoms with Crippen molar-refractivity contribution < 1.29 is 32.2 Å². The average molecular weight is 459 g/mol. The number of rotatable bonds is 4. The van der Waals surface area contributed by atoms with Gasteiger partial charge in [-0.25, -0.2) is 17.6 Å². The number of fused-ring (bicyclic) bond motifs is 1. The van der Waals surface area contributed by atoms with Crippen molar-refractivity contribution in [1.29, 1.82) is 0 Å². The molecule has 2 atom stereocenters. The highest BCUT2D eigenvalue weighted by molar-refractivity contribution is 6.30. The summed E-state index contributed by atoms with van der Waals surface area (Å²) in [4.78, 5) is 12.7. The fourth-order valence-electron chi connectivity index (χ4n) is 3.90. The Kier molecular flexibility index (Phi) is 5.74. The molecule has 0 unspecified atom stereocenters. The number of benzene rings is 2. The van der Waals surface area contributed by atoms with Gasteiger partial charge in [0.05, 0.1) is 12.2 Å². The van der Waals surface area contributed by atoms with Gasteiger partial charge in [-0.2, -0.15) is 0 Å². The molecule has 2 aliphatic rings. The van der Waals surface area contributed by atoms with E-state index in [1.807, 2.05) is 0 Å². The summed E-state index contributed by atoms with van der Waals surface area (Å²) in [6.07, 6.45) is -1.63. The fourth-order valence-corrected chi connectivity index (χ4v) is 4.10. The first-order valence-corrected chi connectivity index (χ1v) is 10.1. The van der Waals surface area contributed by atoms with Crippen LogP contribution in [-0.4, -0.2) is 42.5 Å². The summed E-state index contributed by atoms with van der Waals surface area (Å²) in [7, 11) is 0. The maximum Gasteiger partial charge on any atom is 0.224 e. The van der Waals surface area contributed by atoms with E-state index in [1.165, 1.54) is 11.0 Å². The van der Waals surface area contributed by atoms with Gasteiger partial charge in [0.1, 0.15) is 35.6 Å². The first-order chi connectivity index (χ1) is 14.7. The second-order valence-corrected chi connectivity index (χ2v) is 8.16. The Labute approximate surface area is 180 Å². The standard InChI is InChI=1S/C21H19ClF4N2O3/c22-11-7-14(24)20(15(25)8-11)28-6-5-21(30,17(26)9-28)10-31-16-3-2-13(23)19-12(16)1-4-18(29)27-19/h2-3,7-8,17,30H,1,4-6,9-10H2,(H,27,29)/t17-,21+/m0/s1. The van der Waals surface area contributed by atoms with Gasteiger partial charge >= 0.3 is 0 Å². The van der Waals surface area contributed by atoms with Crippen LogP contribution in [0.2, 0.25) is 5.02 Å². The molecule has 0 radical (unpaired) electrons. The predicted octanol–water partition coefficient (Wildman–Crippen LogP) is 4.00. The van der Waals surface area contributed by atoms with E-state index < -0.39 is 48.1 Å². The van der Waals surface area contributed by atoms with Crippen LogP contribution in [0.5, 0.6) is 5.75 Å². The summed E-state index contributed by atoms with van der Waals surface area (Å²) in [5.41, 5.74) is -1.87. The van der Waals surface area contributed by atoms with Crippen molar-refractivity contribution in [3.05, 3.63) is 52.3 Å². The van der Waals surface area contributed by atoms with E-state index >= 15 is 0 Å². The number of piperidine rings is 1. The number of nitrogens with one attached hydrogen (secondary N) is 1. The van der Waals surface area contributed by atoms with Gasteiger partial charge in [-0.05, 0) is 37.1 Å². The molecule has 2 heterocycles. The van der Waals surface area contributed by atoms with E-state index in [-0.39, 0.29) is 48.2 Å². The SMILES string of the molecule is O=C1CCc2c(OC[C@]3(O)CCN(c4c(F)cc(Cl)cc4F)C[C@@H]3F)ccc(F)c2N1. The lowest BCUT2D eigenvalue weighted by atomic mass is 9.90. The highest BCUT2D eigenvalue weighted by Gasteiger charge is 2.44. The molecule has 0 bridgehead atoms. The molecule has 1 saturated heterocycles. The Morgan fingerprint density at radius 3 is 2.58 bits per heavy atom. The molecule has 2 aliphatic heterocycles. The Morgan fingerprint density at radius 2 is 1.90 bits per heavy atom. The maximum atomic E-state index is 14.9. The van der Waals surface area contributed by atoms with Gasteiger partial charge in [-0.1, -0.05) is 11.6 Å². The molecule has 0 aliphatic carbocycles. The maximum absolute atomic E-state index is 14.9. The molecule has 2 N–H and O–H groups in total. The van der Waals surface area contributed by atoms with Crippen molar-refractivity contribution >= 4 is 28.9 Å². The molecule has 1 fully saturated rings. The summed E-state index contributed by atoms with van der Waals surface area (Å²) >= 11 is 5.63. The van der Waals surface area contributed by atoms with Crippen molar-refractivity contribution in [2.45, 2.75) is 31.0 Å². The highest BCUT2D eigenvalue weighted by Crippen LogP contribution is 2.36. The molecule has 0 spiro atoms. The lowest BCUT2D eigenvalue weighted by molar-refractivity contribution is -0.116. The number of hydrogen-bond donors (Lipinski definition) is 2. The zero-order valence-corrected chi connectivity index (χ0v) is 17.0. The quantitative estimate of drug-likeness (QED) is 0.680. The van der Waals surface area contributed by atoms with E-state index in [0.29, 0.717) is 5.56 Å². The van der Waals surface area contributed by atoms with Gasteiger partial charge in [0.25, 0.3) is 0 Å². The molecule has 4 rings (SSSR count). The van der Waals surface area contributed by atoms with Gasteiger partial charge in [-0.3, -0.25) is 4.79 Å². The van der Waals surface area contributed by atoms with E-state index in [4.69, 9.17) is 16.3 Å². The minimum atomic E-state index is -1.91. The van der Waals surface area contributed by atoms with Crippen LogP contribution in [0.3, 0.4) is 0 Å². The molecule has 0 aromatic heterocycles. The molecule has 31 heavy (non-hydrogen) atoms. The monoisotopic (exact) mass is 458 g/mol. The summed E-state index contributed by atoms with van der Waals surface area (Å²) < 4.78 is 62.9. The van der Waals surface area contributed by atoms with Crippen LogP contribution in [0.4, 0.5) is 28.9 Å². The van der Waals surface area contributed by atoms with Gasteiger partial charge < -0.3 is 20.1 Å². The number of ether oxygens (including phenoxy) is 1. The second-order valence-electron chi connectivity index (χ2n) is 7.72. The van der Waals surface area contributed by atoms with Gasteiger partial charge in [-0.15, -0.1) is 0 Å². The number of carbonyl (C=O) groups is 1. The fraction of sp³-hybridized carbons (Fsp3) is 0.381. The Morgan fingerprint density at radius 1 is 1.19 bits per heavy atom. The molecular formula is C21H19ClF4N2O3. The molecule has 5 nitrogen and oxygen atoms in total. The van der Waals surface area contributed by atoms with E-state index in [1.54, 1.807) is 0 Å². The molecular weight excluding hydrogens is 440 g/mol. The molecule has 166 valence electrons. The second kappa shape index (κ2) is 8.20. The van der Waals surface area contributed by atoms with Crippen LogP contribution < -0.4 is 15.0 Å². The first-order valence-electron chi connectivity index (χ1n) is 9.68. The molecule has 2 aromatic rings. The minimum Gasteiger partial charge on any atom is -0.490 e. The van der Waals surface area contributed by atoms with Crippen molar-refractivity contribution in [3.8, 4) is 5.75 Å². The van der Waals surface area contributed by atoms with Crippen LogP contribution in [0.15, 0.2) is 24.3 Å². The average Bonchev–Trinajstić information content (AvgIpc) is 2.70. The lowest BCUT2D eigenvalue weighted by Gasteiger charge is -2.41. The van der Waals surface area contributed by atoms with Crippen LogP contribution in [0.1, 0.15) is 18.4 Å². The number of nitrogens with zero attached hydrogens (tertiary/aromatic N) is 1. The summed E-state index contributed by atoms with van der Waals surface area (Å²) in [6, 6.07) is 4.35. The Hall–Kier alpha value is -2.52. The predicted molar refractivity (Wildman–Crippen MR) is 107 cm³/mol. The summed E-state index contributed by atoms with van der Waals surface area (Å²) in [5.74, 6) is -2.54. The zero-order valence-electron chi connectivity index (χ0n) is 16.2. The van der Waals surface area contributed by atoms with Gasteiger partial charge in [0, 0.05) is 23.6 Å².